The van der Waals surface area contributed by atoms with Crippen molar-refractivity contribution in [1.82, 2.24) is 0 Å². The number of nitrogen functional groups attached to an aromatic ring is 1. The van der Waals surface area contributed by atoms with E-state index in [0.29, 0.717) is 6.04 Å². The van der Waals surface area contributed by atoms with Gasteiger partial charge in [-0.2, -0.15) is 0 Å². The summed E-state index contributed by atoms with van der Waals surface area (Å²) < 4.78 is 0. The van der Waals surface area contributed by atoms with Crippen LogP contribution in [0.1, 0.15) is 19.8 Å². The van der Waals surface area contributed by atoms with Crippen LogP contribution in [0.3, 0.4) is 0 Å². The third-order valence-electron chi connectivity index (χ3n) is 2.75. The molecule has 1 fully saturated rings. The molecular weight excluding hydrogens is 160 g/mol. The molecule has 1 saturated heterocycles. The second-order valence-electron chi connectivity index (χ2n) is 3.78. The zero-order chi connectivity index (χ0) is 9.26. The Bertz CT molecular complexity index is 296. The van der Waals surface area contributed by atoms with Crippen LogP contribution in [0.4, 0.5) is 11.4 Å². The van der Waals surface area contributed by atoms with Crippen molar-refractivity contribution in [2.24, 2.45) is 0 Å². The van der Waals surface area contributed by atoms with Crippen LogP contribution in [0.2, 0.25) is 0 Å². The fourth-order valence-electron chi connectivity index (χ4n) is 2.02. The minimum atomic E-state index is 0.668. The van der Waals surface area contributed by atoms with Gasteiger partial charge in [0, 0.05) is 24.0 Å². The normalized spacial score (nSPS) is 22.2. The van der Waals surface area contributed by atoms with Crippen molar-refractivity contribution in [3.8, 4) is 0 Å². The minimum Gasteiger partial charge on any atom is -0.399 e. The van der Waals surface area contributed by atoms with E-state index in [1.54, 1.807) is 0 Å². The molecule has 0 aliphatic carbocycles. The third-order valence-corrected chi connectivity index (χ3v) is 2.75. The molecule has 1 aliphatic rings. The van der Waals surface area contributed by atoms with E-state index < -0.39 is 0 Å². The first-order chi connectivity index (χ1) is 6.27. The fraction of sp³-hybridized carbons (Fsp3) is 0.455. The predicted octanol–water partition coefficient (Wildman–Crippen LogP) is 2.26. The van der Waals surface area contributed by atoms with Gasteiger partial charge in [-0.25, -0.2) is 0 Å². The van der Waals surface area contributed by atoms with Gasteiger partial charge in [0.2, 0.25) is 0 Å². The number of anilines is 2. The highest BCUT2D eigenvalue weighted by atomic mass is 15.2. The Hall–Kier alpha value is -1.18. The molecule has 0 amide bonds. The summed E-state index contributed by atoms with van der Waals surface area (Å²) >= 11 is 0. The molecule has 0 aromatic heterocycles. The van der Waals surface area contributed by atoms with E-state index >= 15 is 0 Å². The number of rotatable bonds is 1. The number of nitrogens with two attached hydrogens (primary N) is 1. The van der Waals surface area contributed by atoms with Crippen LogP contribution >= 0.6 is 0 Å². The molecule has 1 aliphatic heterocycles. The zero-order valence-corrected chi connectivity index (χ0v) is 8.03. The van der Waals surface area contributed by atoms with Crippen molar-refractivity contribution in [3.63, 3.8) is 0 Å². The Kier molecular flexibility index (Phi) is 2.13. The van der Waals surface area contributed by atoms with Gasteiger partial charge < -0.3 is 10.6 Å². The number of hydrogen-bond donors (Lipinski definition) is 1. The lowest BCUT2D eigenvalue weighted by Crippen LogP contribution is -2.26. The second-order valence-corrected chi connectivity index (χ2v) is 3.78. The standard InChI is InChI=1S/C11H16N2/c1-9-4-3-7-13(9)11-6-2-5-10(12)8-11/h2,5-6,8-9H,3-4,7,12H2,1H3/t9-/m0/s1. The second kappa shape index (κ2) is 3.29. The van der Waals surface area contributed by atoms with E-state index in [9.17, 15) is 0 Å². The number of hydrogen-bond acceptors (Lipinski definition) is 2. The van der Waals surface area contributed by atoms with Crippen molar-refractivity contribution in [2.45, 2.75) is 25.8 Å². The first-order valence-electron chi connectivity index (χ1n) is 4.89. The van der Waals surface area contributed by atoms with Gasteiger partial charge >= 0.3 is 0 Å². The molecule has 2 heteroatoms. The van der Waals surface area contributed by atoms with Crippen molar-refractivity contribution in [3.05, 3.63) is 24.3 Å². The largest absolute Gasteiger partial charge is 0.399 e. The lowest BCUT2D eigenvalue weighted by molar-refractivity contribution is 0.735. The monoisotopic (exact) mass is 176 g/mol. The van der Waals surface area contributed by atoms with Crippen LogP contribution in [-0.4, -0.2) is 12.6 Å². The lowest BCUT2D eigenvalue weighted by atomic mass is 10.2. The van der Waals surface area contributed by atoms with E-state index in [1.807, 2.05) is 12.1 Å². The predicted molar refractivity (Wildman–Crippen MR) is 56.9 cm³/mol. The molecule has 1 aromatic rings. The molecule has 2 N–H and O–H groups in total. The maximum Gasteiger partial charge on any atom is 0.0389 e. The summed E-state index contributed by atoms with van der Waals surface area (Å²) in [6.07, 6.45) is 2.60. The molecule has 0 spiro atoms. The van der Waals surface area contributed by atoms with Crippen molar-refractivity contribution in [1.29, 1.82) is 0 Å². The number of nitrogens with zero attached hydrogens (tertiary/aromatic N) is 1. The zero-order valence-electron chi connectivity index (χ0n) is 8.03. The van der Waals surface area contributed by atoms with Crippen molar-refractivity contribution < 1.29 is 0 Å². The summed E-state index contributed by atoms with van der Waals surface area (Å²) in [5.74, 6) is 0. The van der Waals surface area contributed by atoms with Gasteiger partial charge in [-0.3, -0.25) is 0 Å². The highest BCUT2D eigenvalue weighted by Gasteiger charge is 2.19. The smallest absolute Gasteiger partial charge is 0.0389 e. The Labute approximate surface area is 79.4 Å². The van der Waals surface area contributed by atoms with E-state index in [4.69, 9.17) is 5.73 Å². The molecule has 2 rings (SSSR count). The summed E-state index contributed by atoms with van der Waals surface area (Å²) in [6, 6.07) is 8.82. The van der Waals surface area contributed by atoms with Gasteiger partial charge in [-0.05, 0) is 38.0 Å². The molecule has 70 valence electrons. The SMILES string of the molecule is C[C@H]1CCCN1c1cccc(N)c1. The molecule has 0 unspecified atom stereocenters. The van der Waals surface area contributed by atoms with E-state index in [1.165, 1.54) is 25.1 Å². The molecule has 1 aromatic carbocycles. The van der Waals surface area contributed by atoms with Gasteiger partial charge in [0.1, 0.15) is 0 Å². The summed E-state index contributed by atoms with van der Waals surface area (Å²) in [6.45, 7) is 3.45. The van der Waals surface area contributed by atoms with Gasteiger partial charge in [-0.15, -0.1) is 0 Å². The molecule has 0 saturated carbocycles. The summed E-state index contributed by atoms with van der Waals surface area (Å²) in [7, 11) is 0. The molecule has 0 bridgehead atoms. The Balaban J connectivity index is 2.24. The van der Waals surface area contributed by atoms with Crippen LogP contribution in [0.15, 0.2) is 24.3 Å². The maximum atomic E-state index is 5.74. The topological polar surface area (TPSA) is 29.3 Å². The molecule has 2 nitrogen and oxygen atoms in total. The summed E-state index contributed by atoms with van der Waals surface area (Å²) in [5.41, 5.74) is 7.87. The molecule has 1 heterocycles. The fourth-order valence-corrected chi connectivity index (χ4v) is 2.02. The van der Waals surface area contributed by atoms with Crippen LogP contribution in [-0.2, 0) is 0 Å². The Morgan fingerprint density at radius 1 is 1.46 bits per heavy atom. The average molecular weight is 176 g/mol. The summed E-state index contributed by atoms with van der Waals surface area (Å²) in [4.78, 5) is 2.43. The minimum absolute atomic E-state index is 0.668. The van der Waals surface area contributed by atoms with Gasteiger partial charge in [0.25, 0.3) is 0 Å². The van der Waals surface area contributed by atoms with E-state index in [2.05, 4.69) is 24.0 Å². The highest BCUT2D eigenvalue weighted by molar-refractivity contribution is 5.56. The van der Waals surface area contributed by atoms with E-state index in [0.717, 1.165) is 5.69 Å². The first-order valence-corrected chi connectivity index (χ1v) is 4.89. The summed E-state index contributed by atoms with van der Waals surface area (Å²) in [5, 5.41) is 0. The van der Waals surface area contributed by atoms with Crippen LogP contribution < -0.4 is 10.6 Å². The highest BCUT2D eigenvalue weighted by Crippen LogP contribution is 2.26. The third kappa shape index (κ3) is 1.62. The van der Waals surface area contributed by atoms with Gasteiger partial charge in [-0.1, -0.05) is 6.07 Å². The maximum absolute atomic E-state index is 5.74. The lowest BCUT2D eigenvalue weighted by Gasteiger charge is -2.23. The van der Waals surface area contributed by atoms with Crippen LogP contribution in [0.5, 0.6) is 0 Å². The molecule has 0 radical (unpaired) electrons. The Morgan fingerprint density at radius 3 is 2.92 bits per heavy atom. The van der Waals surface area contributed by atoms with Crippen LogP contribution in [0, 0.1) is 0 Å². The van der Waals surface area contributed by atoms with E-state index in [-0.39, 0.29) is 0 Å². The van der Waals surface area contributed by atoms with Crippen molar-refractivity contribution in [2.75, 3.05) is 17.2 Å². The molecule has 13 heavy (non-hydrogen) atoms. The van der Waals surface area contributed by atoms with Gasteiger partial charge in [0.05, 0.1) is 0 Å². The first kappa shape index (κ1) is 8.42. The Morgan fingerprint density at radius 2 is 2.31 bits per heavy atom. The quantitative estimate of drug-likeness (QED) is 0.665. The van der Waals surface area contributed by atoms with Crippen molar-refractivity contribution >= 4 is 11.4 Å². The van der Waals surface area contributed by atoms with Gasteiger partial charge in [0.15, 0.2) is 0 Å². The van der Waals surface area contributed by atoms with Crippen LogP contribution in [0.25, 0.3) is 0 Å². The average Bonchev–Trinajstić information content (AvgIpc) is 2.51. The molecular formula is C11H16N2. The number of benzene rings is 1. The molecule has 1 atom stereocenters.